The molecule has 0 saturated carbocycles. The summed E-state index contributed by atoms with van der Waals surface area (Å²) in [6.45, 7) is 2.31. The van der Waals surface area contributed by atoms with E-state index in [0.29, 0.717) is 36.7 Å². The van der Waals surface area contributed by atoms with Gasteiger partial charge in [-0.25, -0.2) is 0 Å². The minimum absolute atomic E-state index is 0.0859. The highest BCUT2D eigenvalue weighted by Gasteiger charge is 2.52. The van der Waals surface area contributed by atoms with Crippen LogP contribution in [0.1, 0.15) is 23.4 Å². The van der Waals surface area contributed by atoms with Gasteiger partial charge in [-0.15, -0.1) is 0 Å². The standard InChI is InChI=1S/C16H21BrN2O4/c1-18(2)14(20)11-9-19(10-16(11)5-7-22-8-6-16)15(21)12-3-4-13(17)23-12/h3-4,11H,5-10H2,1-2H3. The Labute approximate surface area is 143 Å². The number of likely N-dealkylation sites (tertiary alicyclic amines) is 1. The van der Waals surface area contributed by atoms with Crippen LogP contribution in [0.4, 0.5) is 0 Å². The zero-order valence-electron chi connectivity index (χ0n) is 13.4. The first kappa shape index (κ1) is 16.5. The van der Waals surface area contributed by atoms with Crippen molar-refractivity contribution >= 4 is 27.7 Å². The van der Waals surface area contributed by atoms with Gasteiger partial charge in [0.25, 0.3) is 5.91 Å². The third-order valence-corrected chi connectivity index (χ3v) is 5.37. The number of ether oxygens (including phenoxy) is 1. The average molecular weight is 385 g/mol. The number of rotatable bonds is 2. The maximum atomic E-state index is 12.7. The Morgan fingerprint density at radius 3 is 2.57 bits per heavy atom. The summed E-state index contributed by atoms with van der Waals surface area (Å²) < 4.78 is 11.4. The Bertz CT molecular complexity index is 607. The number of hydrogen-bond donors (Lipinski definition) is 0. The molecule has 0 aromatic carbocycles. The molecule has 0 N–H and O–H groups in total. The molecule has 23 heavy (non-hydrogen) atoms. The predicted molar refractivity (Wildman–Crippen MR) is 87.0 cm³/mol. The van der Waals surface area contributed by atoms with Gasteiger partial charge in [0.1, 0.15) is 0 Å². The highest BCUT2D eigenvalue weighted by molar-refractivity contribution is 9.10. The number of carbonyl (C=O) groups is 2. The molecule has 2 aliphatic rings. The fraction of sp³-hybridized carbons (Fsp3) is 0.625. The second kappa shape index (κ2) is 6.28. The third kappa shape index (κ3) is 3.04. The lowest BCUT2D eigenvalue weighted by atomic mass is 9.71. The molecule has 1 atom stereocenters. The molecular weight excluding hydrogens is 364 g/mol. The zero-order chi connectivity index (χ0) is 16.6. The zero-order valence-corrected chi connectivity index (χ0v) is 15.0. The van der Waals surface area contributed by atoms with Crippen molar-refractivity contribution < 1.29 is 18.7 Å². The Hall–Kier alpha value is -1.34. The molecule has 0 radical (unpaired) electrons. The minimum Gasteiger partial charge on any atom is -0.444 e. The first-order valence-electron chi connectivity index (χ1n) is 7.76. The van der Waals surface area contributed by atoms with Gasteiger partial charge in [0.15, 0.2) is 10.4 Å². The Kier molecular flexibility index (Phi) is 4.51. The SMILES string of the molecule is CN(C)C(=O)C1CN(C(=O)c2ccc(Br)o2)CC12CCOCC2. The van der Waals surface area contributed by atoms with Crippen molar-refractivity contribution in [2.75, 3.05) is 40.4 Å². The Morgan fingerprint density at radius 2 is 2.00 bits per heavy atom. The van der Waals surface area contributed by atoms with Crippen molar-refractivity contribution in [2.45, 2.75) is 12.8 Å². The molecule has 2 amide bonds. The quantitative estimate of drug-likeness (QED) is 0.782. The number of halogens is 1. The van der Waals surface area contributed by atoms with Crippen molar-refractivity contribution in [2.24, 2.45) is 11.3 Å². The minimum atomic E-state index is -0.181. The van der Waals surface area contributed by atoms with Gasteiger partial charge in [-0.05, 0) is 40.9 Å². The first-order chi connectivity index (χ1) is 10.9. The summed E-state index contributed by atoms with van der Waals surface area (Å²) >= 11 is 3.22. The van der Waals surface area contributed by atoms with Gasteiger partial charge in [0.05, 0.1) is 5.92 Å². The van der Waals surface area contributed by atoms with Gasteiger partial charge >= 0.3 is 0 Å². The maximum Gasteiger partial charge on any atom is 0.289 e. The molecule has 2 aliphatic heterocycles. The largest absolute Gasteiger partial charge is 0.444 e. The second-order valence-electron chi connectivity index (χ2n) is 6.55. The van der Waals surface area contributed by atoms with Crippen molar-refractivity contribution in [3.63, 3.8) is 0 Å². The molecule has 0 aliphatic carbocycles. The molecule has 6 nitrogen and oxygen atoms in total. The lowest BCUT2D eigenvalue weighted by molar-refractivity contribution is -0.138. The summed E-state index contributed by atoms with van der Waals surface area (Å²) in [6.07, 6.45) is 1.62. The van der Waals surface area contributed by atoms with Crippen LogP contribution in [-0.2, 0) is 9.53 Å². The highest BCUT2D eigenvalue weighted by Crippen LogP contribution is 2.45. The van der Waals surface area contributed by atoms with E-state index < -0.39 is 0 Å². The topological polar surface area (TPSA) is 63.0 Å². The molecule has 126 valence electrons. The molecule has 3 heterocycles. The van der Waals surface area contributed by atoms with E-state index >= 15 is 0 Å². The second-order valence-corrected chi connectivity index (χ2v) is 7.33. The van der Waals surface area contributed by atoms with Crippen LogP contribution < -0.4 is 0 Å². The Morgan fingerprint density at radius 1 is 1.30 bits per heavy atom. The van der Waals surface area contributed by atoms with E-state index in [2.05, 4.69) is 15.9 Å². The smallest absolute Gasteiger partial charge is 0.289 e. The normalized spacial score (nSPS) is 23.3. The van der Waals surface area contributed by atoms with Crippen LogP contribution >= 0.6 is 15.9 Å². The van der Waals surface area contributed by atoms with E-state index in [9.17, 15) is 9.59 Å². The molecule has 3 rings (SSSR count). The number of amides is 2. The molecule has 1 aromatic heterocycles. The third-order valence-electron chi connectivity index (χ3n) is 4.95. The predicted octanol–water partition coefficient (Wildman–Crippen LogP) is 2.00. The van der Waals surface area contributed by atoms with Gasteiger partial charge in [-0.1, -0.05) is 0 Å². The van der Waals surface area contributed by atoms with Crippen LogP contribution in [0, 0.1) is 11.3 Å². The van der Waals surface area contributed by atoms with E-state index in [-0.39, 0.29) is 23.1 Å². The molecule has 7 heteroatoms. The van der Waals surface area contributed by atoms with E-state index in [1.54, 1.807) is 36.0 Å². The number of furan rings is 1. The molecule has 1 spiro atoms. The maximum absolute atomic E-state index is 12.7. The van der Waals surface area contributed by atoms with Crippen LogP contribution in [0.3, 0.4) is 0 Å². The first-order valence-corrected chi connectivity index (χ1v) is 8.56. The van der Waals surface area contributed by atoms with Crippen LogP contribution in [0.5, 0.6) is 0 Å². The number of carbonyl (C=O) groups excluding carboxylic acids is 2. The Balaban J connectivity index is 1.85. The molecule has 1 aromatic rings. The molecular formula is C16H21BrN2O4. The molecule has 2 fully saturated rings. The fourth-order valence-electron chi connectivity index (χ4n) is 3.64. The highest BCUT2D eigenvalue weighted by atomic mass is 79.9. The lowest BCUT2D eigenvalue weighted by Crippen LogP contribution is -2.44. The van der Waals surface area contributed by atoms with E-state index in [0.717, 1.165) is 12.8 Å². The summed E-state index contributed by atoms with van der Waals surface area (Å²) in [4.78, 5) is 28.7. The fourth-order valence-corrected chi connectivity index (χ4v) is 3.95. The van der Waals surface area contributed by atoms with Gasteiger partial charge < -0.3 is 19.0 Å². The van der Waals surface area contributed by atoms with Crippen LogP contribution in [-0.4, -0.2) is 62.0 Å². The van der Waals surface area contributed by atoms with Crippen molar-refractivity contribution in [3.8, 4) is 0 Å². The van der Waals surface area contributed by atoms with Gasteiger partial charge in [-0.2, -0.15) is 0 Å². The van der Waals surface area contributed by atoms with Gasteiger partial charge in [0, 0.05) is 45.8 Å². The monoisotopic (exact) mass is 384 g/mol. The van der Waals surface area contributed by atoms with Crippen LogP contribution in [0.25, 0.3) is 0 Å². The van der Waals surface area contributed by atoms with Crippen LogP contribution in [0.15, 0.2) is 21.2 Å². The van der Waals surface area contributed by atoms with Crippen molar-refractivity contribution in [1.82, 2.24) is 9.80 Å². The lowest BCUT2D eigenvalue weighted by Gasteiger charge is -2.37. The summed E-state index contributed by atoms with van der Waals surface area (Å²) in [7, 11) is 3.53. The average Bonchev–Trinajstić information content (AvgIpc) is 3.11. The van der Waals surface area contributed by atoms with Crippen molar-refractivity contribution in [3.05, 3.63) is 22.6 Å². The van der Waals surface area contributed by atoms with E-state index in [1.807, 2.05) is 0 Å². The van der Waals surface area contributed by atoms with Gasteiger partial charge in [0.2, 0.25) is 5.91 Å². The molecule has 1 unspecified atom stereocenters. The number of hydrogen-bond acceptors (Lipinski definition) is 4. The summed E-state index contributed by atoms with van der Waals surface area (Å²) in [5.74, 6) is 0.0548. The molecule has 0 bridgehead atoms. The van der Waals surface area contributed by atoms with Gasteiger partial charge in [-0.3, -0.25) is 9.59 Å². The number of nitrogens with zero attached hydrogens (tertiary/aromatic N) is 2. The summed E-state index contributed by atoms with van der Waals surface area (Å²) in [5, 5.41) is 0. The van der Waals surface area contributed by atoms with Crippen LogP contribution in [0.2, 0.25) is 0 Å². The van der Waals surface area contributed by atoms with E-state index in [1.165, 1.54) is 0 Å². The van der Waals surface area contributed by atoms with E-state index in [4.69, 9.17) is 9.15 Å². The summed E-state index contributed by atoms with van der Waals surface area (Å²) in [6, 6.07) is 3.36. The summed E-state index contributed by atoms with van der Waals surface area (Å²) in [5.41, 5.74) is -0.181. The molecule has 2 saturated heterocycles. The van der Waals surface area contributed by atoms with Crippen molar-refractivity contribution in [1.29, 1.82) is 0 Å².